The largest absolute Gasteiger partial charge is 0.333 e. The summed E-state index contributed by atoms with van der Waals surface area (Å²) in [6, 6.07) is 5.22. The first-order chi connectivity index (χ1) is 8.11. The summed E-state index contributed by atoms with van der Waals surface area (Å²) >= 11 is 11.8. The Morgan fingerprint density at radius 3 is 2.35 bits per heavy atom. The van der Waals surface area contributed by atoms with Gasteiger partial charge in [-0.25, -0.2) is 0 Å². The van der Waals surface area contributed by atoms with Crippen LogP contribution in [0.15, 0.2) is 18.2 Å². The maximum absolute atomic E-state index is 12.3. The number of hydrogen-bond acceptors (Lipinski definition) is 2. The summed E-state index contributed by atoms with van der Waals surface area (Å²) < 4.78 is 0. The molecule has 1 aromatic rings. The molecule has 92 valence electrons. The highest BCUT2D eigenvalue weighted by Crippen LogP contribution is 2.21. The summed E-state index contributed by atoms with van der Waals surface area (Å²) in [6.07, 6.45) is 0. The van der Waals surface area contributed by atoms with Gasteiger partial charge in [-0.2, -0.15) is 0 Å². The number of likely N-dealkylation sites (N-methyl/N-ethyl adjacent to an activating group) is 1. The maximum atomic E-state index is 12.3. The van der Waals surface area contributed by atoms with Gasteiger partial charge in [0.25, 0.3) is 5.91 Å². The SMILES string of the molecule is CCN(C(=O)c1cc(Cl)cc(Cl)c1)C1CNC1. The Balaban J connectivity index is 2.22. The molecule has 1 fully saturated rings. The Morgan fingerprint density at radius 2 is 1.94 bits per heavy atom. The number of nitrogens with one attached hydrogen (secondary N) is 1. The van der Waals surface area contributed by atoms with E-state index in [1.165, 1.54) is 0 Å². The van der Waals surface area contributed by atoms with Crippen molar-refractivity contribution in [3.8, 4) is 0 Å². The molecule has 3 nitrogen and oxygen atoms in total. The zero-order valence-corrected chi connectivity index (χ0v) is 11.1. The second-order valence-electron chi connectivity index (χ2n) is 4.06. The Labute approximate surface area is 111 Å². The molecular weight excluding hydrogens is 259 g/mol. The average molecular weight is 273 g/mol. The standard InChI is InChI=1S/C12H14Cl2N2O/c1-2-16(11-6-15-7-11)12(17)8-3-9(13)5-10(14)4-8/h3-5,11,15H,2,6-7H2,1H3. The third-order valence-electron chi connectivity index (χ3n) is 2.91. The molecule has 1 aliphatic heterocycles. The highest BCUT2D eigenvalue weighted by molar-refractivity contribution is 6.35. The lowest BCUT2D eigenvalue weighted by Crippen LogP contribution is -2.58. The maximum Gasteiger partial charge on any atom is 0.254 e. The number of carbonyl (C=O) groups excluding carboxylic acids is 1. The zero-order valence-electron chi connectivity index (χ0n) is 9.54. The lowest BCUT2D eigenvalue weighted by molar-refractivity contribution is 0.0630. The quantitative estimate of drug-likeness (QED) is 0.917. The van der Waals surface area contributed by atoms with Crippen molar-refractivity contribution in [1.82, 2.24) is 10.2 Å². The third-order valence-corrected chi connectivity index (χ3v) is 3.35. The van der Waals surface area contributed by atoms with Crippen molar-refractivity contribution in [2.45, 2.75) is 13.0 Å². The van der Waals surface area contributed by atoms with E-state index in [2.05, 4.69) is 5.32 Å². The van der Waals surface area contributed by atoms with Crippen molar-refractivity contribution < 1.29 is 4.79 Å². The van der Waals surface area contributed by atoms with Crippen LogP contribution in [0.1, 0.15) is 17.3 Å². The summed E-state index contributed by atoms with van der Waals surface area (Å²) in [5.41, 5.74) is 0.552. The average Bonchev–Trinajstić information content (AvgIpc) is 2.20. The van der Waals surface area contributed by atoms with Crippen molar-refractivity contribution in [1.29, 1.82) is 0 Å². The Bertz CT molecular complexity index is 412. The molecule has 0 bridgehead atoms. The van der Waals surface area contributed by atoms with Crippen LogP contribution in [0.5, 0.6) is 0 Å². The first kappa shape index (κ1) is 12.7. The van der Waals surface area contributed by atoms with E-state index >= 15 is 0 Å². The predicted octanol–water partition coefficient (Wildman–Crippen LogP) is 2.43. The molecule has 1 heterocycles. The van der Waals surface area contributed by atoms with E-state index in [0.717, 1.165) is 13.1 Å². The smallest absolute Gasteiger partial charge is 0.254 e. The minimum absolute atomic E-state index is 0.0107. The molecule has 5 heteroatoms. The summed E-state index contributed by atoms with van der Waals surface area (Å²) in [5.74, 6) is -0.0107. The number of hydrogen-bond donors (Lipinski definition) is 1. The van der Waals surface area contributed by atoms with Crippen molar-refractivity contribution >= 4 is 29.1 Å². The fourth-order valence-corrected chi connectivity index (χ4v) is 2.43. The summed E-state index contributed by atoms with van der Waals surface area (Å²) in [5, 5.41) is 4.14. The fraction of sp³-hybridized carbons (Fsp3) is 0.417. The minimum Gasteiger partial charge on any atom is -0.333 e. The Morgan fingerprint density at radius 1 is 1.35 bits per heavy atom. The Hall–Kier alpha value is -0.770. The Kier molecular flexibility index (Phi) is 3.92. The highest BCUT2D eigenvalue weighted by atomic mass is 35.5. The van der Waals surface area contributed by atoms with Gasteiger partial charge < -0.3 is 10.2 Å². The van der Waals surface area contributed by atoms with Gasteiger partial charge in [0.05, 0.1) is 6.04 Å². The molecule has 1 saturated heterocycles. The molecule has 0 spiro atoms. The minimum atomic E-state index is -0.0107. The normalized spacial score (nSPS) is 15.5. The van der Waals surface area contributed by atoms with Crippen LogP contribution < -0.4 is 5.32 Å². The van der Waals surface area contributed by atoms with E-state index in [1.807, 2.05) is 11.8 Å². The van der Waals surface area contributed by atoms with Gasteiger partial charge in [-0.3, -0.25) is 4.79 Å². The lowest BCUT2D eigenvalue weighted by Gasteiger charge is -2.37. The zero-order chi connectivity index (χ0) is 12.4. The van der Waals surface area contributed by atoms with E-state index in [-0.39, 0.29) is 11.9 Å². The van der Waals surface area contributed by atoms with E-state index < -0.39 is 0 Å². The molecule has 0 radical (unpaired) electrons. The molecule has 0 atom stereocenters. The van der Waals surface area contributed by atoms with Crippen LogP contribution in [0.25, 0.3) is 0 Å². The molecule has 1 amide bonds. The van der Waals surface area contributed by atoms with Gasteiger partial charge in [0.2, 0.25) is 0 Å². The van der Waals surface area contributed by atoms with E-state index in [1.54, 1.807) is 18.2 Å². The number of benzene rings is 1. The molecule has 17 heavy (non-hydrogen) atoms. The topological polar surface area (TPSA) is 32.3 Å². The summed E-state index contributed by atoms with van der Waals surface area (Å²) in [7, 11) is 0. The van der Waals surface area contributed by atoms with Crippen LogP contribution in [0.3, 0.4) is 0 Å². The van der Waals surface area contributed by atoms with Crippen LogP contribution in [-0.2, 0) is 0 Å². The van der Waals surface area contributed by atoms with Crippen LogP contribution in [0, 0.1) is 0 Å². The van der Waals surface area contributed by atoms with Gasteiger partial charge in [0.15, 0.2) is 0 Å². The predicted molar refractivity (Wildman–Crippen MR) is 69.8 cm³/mol. The van der Waals surface area contributed by atoms with E-state index in [9.17, 15) is 4.79 Å². The fourth-order valence-electron chi connectivity index (χ4n) is 1.90. The van der Waals surface area contributed by atoms with Gasteiger partial charge in [0.1, 0.15) is 0 Å². The van der Waals surface area contributed by atoms with Crippen LogP contribution in [-0.4, -0.2) is 36.5 Å². The monoisotopic (exact) mass is 272 g/mol. The number of halogens is 2. The van der Waals surface area contributed by atoms with Gasteiger partial charge in [0, 0.05) is 35.2 Å². The lowest BCUT2D eigenvalue weighted by atomic mass is 10.1. The van der Waals surface area contributed by atoms with Gasteiger partial charge in [-0.05, 0) is 25.1 Å². The molecular formula is C12H14Cl2N2O. The molecule has 1 aromatic carbocycles. The molecule has 2 rings (SSSR count). The number of rotatable bonds is 3. The summed E-state index contributed by atoms with van der Waals surface area (Å²) in [4.78, 5) is 14.1. The number of amides is 1. The molecule has 0 aromatic heterocycles. The number of nitrogens with zero attached hydrogens (tertiary/aromatic N) is 1. The second-order valence-corrected chi connectivity index (χ2v) is 4.93. The second kappa shape index (κ2) is 5.25. The van der Waals surface area contributed by atoms with Crippen molar-refractivity contribution in [2.24, 2.45) is 0 Å². The van der Waals surface area contributed by atoms with Crippen LogP contribution in [0.2, 0.25) is 10.0 Å². The first-order valence-corrected chi connectivity index (χ1v) is 6.35. The molecule has 1 N–H and O–H groups in total. The first-order valence-electron chi connectivity index (χ1n) is 5.59. The molecule has 0 unspecified atom stereocenters. The molecule has 0 aliphatic carbocycles. The van der Waals surface area contributed by atoms with Crippen molar-refractivity contribution in [3.63, 3.8) is 0 Å². The number of carbonyl (C=O) groups is 1. The van der Waals surface area contributed by atoms with Gasteiger partial charge >= 0.3 is 0 Å². The van der Waals surface area contributed by atoms with E-state index in [4.69, 9.17) is 23.2 Å². The van der Waals surface area contributed by atoms with Gasteiger partial charge in [-0.1, -0.05) is 23.2 Å². The van der Waals surface area contributed by atoms with Gasteiger partial charge in [-0.15, -0.1) is 0 Å². The molecule has 0 saturated carbocycles. The highest BCUT2D eigenvalue weighted by Gasteiger charge is 2.28. The van der Waals surface area contributed by atoms with Crippen molar-refractivity contribution in [2.75, 3.05) is 19.6 Å². The van der Waals surface area contributed by atoms with Crippen LogP contribution >= 0.6 is 23.2 Å². The van der Waals surface area contributed by atoms with E-state index in [0.29, 0.717) is 22.2 Å². The summed E-state index contributed by atoms with van der Waals surface area (Å²) in [6.45, 7) is 4.37. The van der Waals surface area contributed by atoms with Crippen molar-refractivity contribution in [3.05, 3.63) is 33.8 Å². The van der Waals surface area contributed by atoms with Crippen LogP contribution in [0.4, 0.5) is 0 Å². The third kappa shape index (κ3) is 2.73. The molecule has 1 aliphatic rings.